The fraction of sp³-hybridized carbons (Fsp3) is 1.00. The van der Waals surface area contributed by atoms with Gasteiger partial charge >= 0.3 is 0 Å². The van der Waals surface area contributed by atoms with Gasteiger partial charge in [-0.25, -0.2) is 0 Å². The first-order chi connectivity index (χ1) is 5.61. The fourth-order valence-electron chi connectivity index (χ4n) is 3.02. The Morgan fingerprint density at radius 2 is 1.50 bits per heavy atom. The third-order valence-electron chi connectivity index (χ3n) is 3.79. The highest BCUT2D eigenvalue weighted by molar-refractivity contribution is 5.06. The summed E-state index contributed by atoms with van der Waals surface area (Å²) in [5.74, 6) is 4.12. The van der Waals surface area contributed by atoms with E-state index < -0.39 is 0 Å². The van der Waals surface area contributed by atoms with Crippen LogP contribution in [0.1, 0.15) is 27.7 Å². The first-order valence-electron chi connectivity index (χ1n) is 5.35. The number of nitrogens with zero attached hydrogens (tertiary/aromatic N) is 1. The van der Waals surface area contributed by atoms with Gasteiger partial charge in [0, 0.05) is 19.1 Å². The molecule has 0 aromatic heterocycles. The van der Waals surface area contributed by atoms with Crippen LogP contribution in [0.2, 0.25) is 0 Å². The quantitative estimate of drug-likeness (QED) is 0.609. The monoisotopic (exact) mass is 167 g/mol. The Bertz CT molecular complexity index is 156. The third kappa shape index (κ3) is 1.19. The Kier molecular flexibility index (Phi) is 1.95. The molecule has 3 atom stereocenters. The number of piperidine rings is 1. The van der Waals surface area contributed by atoms with Gasteiger partial charge in [-0.05, 0) is 37.5 Å². The summed E-state index contributed by atoms with van der Waals surface area (Å²) in [6, 6.07) is 0.769. The molecule has 12 heavy (non-hydrogen) atoms. The van der Waals surface area contributed by atoms with Crippen molar-refractivity contribution in [3.63, 3.8) is 0 Å². The van der Waals surface area contributed by atoms with Crippen molar-refractivity contribution >= 4 is 0 Å². The van der Waals surface area contributed by atoms with Gasteiger partial charge in [-0.15, -0.1) is 0 Å². The number of fused-ring (bicyclic) bond motifs is 1. The molecule has 1 heteroatoms. The van der Waals surface area contributed by atoms with E-state index >= 15 is 0 Å². The van der Waals surface area contributed by atoms with Gasteiger partial charge in [0.25, 0.3) is 0 Å². The minimum atomic E-state index is 0.769. The topological polar surface area (TPSA) is 3.24 Å². The molecule has 1 saturated heterocycles. The maximum Gasteiger partial charge on any atom is 0.00388 e. The molecule has 0 radical (unpaired) electrons. The summed E-state index contributed by atoms with van der Waals surface area (Å²) in [5, 5.41) is 0. The van der Waals surface area contributed by atoms with E-state index in [0.717, 1.165) is 29.7 Å². The average Bonchev–Trinajstić information content (AvgIpc) is 2.48. The summed E-state index contributed by atoms with van der Waals surface area (Å²) in [6.07, 6.45) is 0. The van der Waals surface area contributed by atoms with Crippen LogP contribution in [0.5, 0.6) is 0 Å². The van der Waals surface area contributed by atoms with Crippen LogP contribution in [0, 0.1) is 23.7 Å². The number of hydrogen-bond acceptors (Lipinski definition) is 1. The van der Waals surface area contributed by atoms with Gasteiger partial charge in [0.2, 0.25) is 0 Å². The normalized spacial score (nSPS) is 41.0. The van der Waals surface area contributed by atoms with Crippen LogP contribution in [-0.2, 0) is 0 Å². The summed E-state index contributed by atoms with van der Waals surface area (Å²) < 4.78 is 0. The molecule has 1 aliphatic heterocycles. The molecule has 2 fully saturated rings. The largest absolute Gasteiger partial charge is 0.300 e. The first-order valence-corrected chi connectivity index (χ1v) is 5.35. The molecule has 1 heterocycles. The summed E-state index contributed by atoms with van der Waals surface area (Å²) in [5.41, 5.74) is 0. The average molecular weight is 167 g/mol. The van der Waals surface area contributed by atoms with Crippen LogP contribution < -0.4 is 0 Å². The van der Waals surface area contributed by atoms with E-state index in [-0.39, 0.29) is 0 Å². The van der Waals surface area contributed by atoms with Crippen LogP contribution in [-0.4, -0.2) is 24.0 Å². The van der Waals surface area contributed by atoms with E-state index in [1.165, 1.54) is 13.1 Å². The van der Waals surface area contributed by atoms with Crippen LogP contribution in [0.4, 0.5) is 0 Å². The van der Waals surface area contributed by atoms with Crippen LogP contribution >= 0.6 is 0 Å². The minimum absolute atomic E-state index is 0.769. The van der Waals surface area contributed by atoms with Crippen molar-refractivity contribution < 1.29 is 0 Å². The smallest absolute Gasteiger partial charge is 0.00388 e. The molecule has 1 saturated carbocycles. The Morgan fingerprint density at radius 1 is 1.00 bits per heavy atom. The van der Waals surface area contributed by atoms with Crippen LogP contribution in [0.3, 0.4) is 0 Å². The van der Waals surface area contributed by atoms with Gasteiger partial charge in [-0.1, -0.05) is 13.8 Å². The molecule has 0 N–H and O–H groups in total. The molecule has 0 spiro atoms. The molecule has 0 aromatic rings. The lowest BCUT2D eigenvalue weighted by molar-refractivity contribution is 0.222. The van der Waals surface area contributed by atoms with E-state index in [4.69, 9.17) is 0 Å². The lowest BCUT2D eigenvalue weighted by atomic mass is 10.0. The Balaban J connectivity index is 1.86. The molecule has 2 aliphatic rings. The van der Waals surface area contributed by atoms with Crippen molar-refractivity contribution in [3.05, 3.63) is 0 Å². The SMILES string of the molecule is CC(C)C1[C@H]2CN(C(C)C)C[C@@H]12. The second kappa shape index (κ2) is 2.73. The van der Waals surface area contributed by atoms with Gasteiger partial charge in [0.15, 0.2) is 0 Å². The predicted molar refractivity (Wildman–Crippen MR) is 52.0 cm³/mol. The van der Waals surface area contributed by atoms with Crippen molar-refractivity contribution in [1.82, 2.24) is 4.90 Å². The third-order valence-corrected chi connectivity index (χ3v) is 3.79. The van der Waals surface area contributed by atoms with Gasteiger partial charge < -0.3 is 4.90 Å². The molecule has 0 aromatic carbocycles. The molecular weight excluding hydrogens is 146 g/mol. The highest BCUT2D eigenvalue weighted by Gasteiger charge is 2.56. The maximum atomic E-state index is 2.63. The molecule has 2 rings (SSSR count). The van der Waals surface area contributed by atoms with E-state index in [9.17, 15) is 0 Å². The Hall–Kier alpha value is -0.0400. The van der Waals surface area contributed by atoms with Crippen molar-refractivity contribution in [3.8, 4) is 0 Å². The minimum Gasteiger partial charge on any atom is -0.300 e. The number of hydrogen-bond donors (Lipinski definition) is 0. The van der Waals surface area contributed by atoms with Gasteiger partial charge in [0.1, 0.15) is 0 Å². The van der Waals surface area contributed by atoms with Crippen molar-refractivity contribution in [2.45, 2.75) is 33.7 Å². The zero-order valence-electron chi connectivity index (χ0n) is 8.75. The van der Waals surface area contributed by atoms with Gasteiger partial charge in [0.05, 0.1) is 0 Å². The van der Waals surface area contributed by atoms with Crippen molar-refractivity contribution in [1.29, 1.82) is 0 Å². The van der Waals surface area contributed by atoms with E-state index in [2.05, 4.69) is 32.6 Å². The highest BCUT2D eigenvalue weighted by Crippen LogP contribution is 2.55. The zero-order chi connectivity index (χ0) is 8.88. The second-order valence-corrected chi connectivity index (χ2v) is 5.20. The second-order valence-electron chi connectivity index (χ2n) is 5.20. The lowest BCUT2D eigenvalue weighted by Gasteiger charge is -2.24. The molecule has 0 amide bonds. The summed E-state index contributed by atoms with van der Waals surface area (Å²) in [4.78, 5) is 2.63. The zero-order valence-corrected chi connectivity index (χ0v) is 8.75. The first kappa shape index (κ1) is 8.55. The van der Waals surface area contributed by atoms with Crippen molar-refractivity contribution in [2.24, 2.45) is 23.7 Å². The predicted octanol–water partition coefficient (Wildman–Crippen LogP) is 2.23. The summed E-state index contributed by atoms with van der Waals surface area (Å²) >= 11 is 0. The van der Waals surface area contributed by atoms with Gasteiger partial charge in [-0.3, -0.25) is 0 Å². The standard InChI is InChI=1S/C11H21N/c1-7(2)11-9-5-12(8(3)4)6-10(9)11/h7-11H,5-6H2,1-4H3/t9-,10+,11?. The van der Waals surface area contributed by atoms with E-state index in [0.29, 0.717) is 0 Å². The Labute approximate surface area is 76.1 Å². The molecule has 0 bridgehead atoms. The van der Waals surface area contributed by atoms with Crippen molar-refractivity contribution in [2.75, 3.05) is 13.1 Å². The number of rotatable bonds is 2. The summed E-state index contributed by atoms with van der Waals surface area (Å²) in [7, 11) is 0. The van der Waals surface area contributed by atoms with E-state index in [1.54, 1.807) is 0 Å². The molecule has 1 aliphatic carbocycles. The fourth-order valence-corrected chi connectivity index (χ4v) is 3.02. The lowest BCUT2D eigenvalue weighted by Crippen LogP contribution is -2.31. The molecule has 1 unspecified atom stereocenters. The molecule has 1 nitrogen and oxygen atoms in total. The molecule has 70 valence electrons. The summed E-state index contributed by atoms with van der Waals surface area (Å²) in [6.45, 7) is 12.1. The molecular formula is C11H21N. The maximum absolute atomic E-state index is 2.63. The Morgan fingerprint density at radius 3 is 1.83 bits per heavy atom. The van der Waals surface area contributed by atoms with Crippen LogP contribution in [0.15, 0.2) is 0 Å². The number of likely N-dealkylation sites (tertiary alicyclic amines) is 1. The van der Waals surface area contributed by atoms with Crippen LogP contribution in [0.25, 0.3) is 0 Å². The van der Waals surface area contributed by atoms with Gasteiger partial charge in [-0.2, -0.15) is 0 Å². The van der Waals surface area contributed by atoms with E-state index in [1.807, 2.05) is 0 Å². The highest BCUT2D eigenvalue weighted by atomic mass is 15.2.